The number of halogens is 1. The lowest BCUT2D eigenvalue weighted by Crippen LogP contribution is -2.19. The van der Waals surface area contributed by atoms with Gasteiger partial charge in [0.2, 0.25) is 5.91 Å². The highest BCUT2D eigenvalue weighted by molar-refractivity contribution is 6.30. The molecule has 1 N–H and O–H groups in total. The van der Waals surface area contributed by atoms with Crippen LogP contribution in [0.3, 0.4) is 0 Å². The maximum Gasteiger partial charge on any atom is 0.244 e. The topological polar surface area (TPSA) is 50.7 Å². The van der Waals surface area contributed by atoms with Gasteiger partial charge in [0.1, 0.15) is 12.4 Å². The van der Waals surface area contributed by atoms with Crippen LogP contribution in [0, 0.1) is 0 Å². The molecule has 3 rings (SSSR count). The first-order valence-corrected chi connectivity index (χ1v) is 8.90. The molecule has 0 unspecified atom stereocenters. The maximum absolute atomic E-state index is 12.0. The van der Waals surface area contributed by atoms with E-state index in [1.807, 2.05) is 66.7 Å². The van der Waals surface area contributed by atoms with Gasteiger partial charge in [-0.15, -0.1) is 0 Å². The van der Waals surface area contributed by atoms with E-state index < -0.39 is 0 Å². The minimum Gasteiger partial charge on any atom is -0.488 e. The lowest BCUT2D eigenvalue weighted by molar-refractivity contribution is -0.120. The van der Waals surface area contributed by atoms with E-state index in [9.17, 15) is 4.79 Å². The number of nitrogens with zero attached hydrogens (tertiary/aromatic N) is 1. The van der Waals surface area contributed by atoms with Crippen LogP contribution in [0.25, 0.3) is 0 Å². The quantitative estimate of drug-likeness (QED) is 0.482. The molecule has 1 amide bonds. The van der Waals surface area contributed by atoms with E-state index in [1.165, 1.54) is 0 Å². The fraction of sp³-hybridized carbons (Fsp3) is 0.0909. The van der Waals surface area contributed by atoms with Crippen molar-refractivity contribution < 1.29 is 9.53 Å². The Hall–Kier alpha value is -3.11. The Labute approximate surface area is 163 Å². The molecule has 0 saturated carbocycles. The van der Waals surface area contributed by atoms with Crippen LogP contribution in [0.1, 0.15) is 16.7 Å². The van der Waals surface area contributed by atoms with Gasteiger partial charge >= 0.3 is 0 Å². The van der Waals surface area contributed by atoms with Crippen molar-refractivity contribution in [3.8, 4) is 5.75 Å². The lowest BCUT2D eigenvalue weighted by Gasteiger charge is -2.09. The van der Waals surface area contributed by atoms with E-state index >= 15 is 0 Å². The normalized spacial score (nSPS) is 10.7. The first-order valence-electron chi connectivity index (χ1n) is 8.53. The molecule has 3 aromatic carbocycles. The number of hydrogen-bond acceptors (Lipinski definition) is 3. The first kappa shape index (κ1) is 18.7. The number of rotatable bonds is 7. The predicted molar refractivity (Wildman–Crippen MR) is 108 cm³/mol. The summed E-state index contributed by atoms with van der Waals surface area (Å²) in [5.74, 6) is 0.508. The molecule has 4 nitrogen and oxygen atoms in total. The number of carbonyl (C=O) groups excluding carboxylic acids is 1. The van der Waals surface area contributed by atoms with Gasteiger partial charge in [0, 0.05) is 10.6 Å². The van der Waals surface area contributed by atoms with Crippen LogP contribution in [0.5, 0.6) is 5.75 Å². The molecule has 0 spiro atoms. The Kier molecular flexibility index (Phi) is 6.61. The Bertz CT molecular complexity index is 909. The molecule has 0 saturated heterocycles. The molecule has 0 fully saturated rings. The second-order valence-corrected chi connectivity index (χ2v) is 6.34. The molecule has 0 atom stereocenters. The van der Waals surface area contributed by atoms with Crippen molar-refractivity contribution >= 4 is 23.7 Å². The number of nitrogens with one attached hydrogen (secondary N) is 1. The average molecular weight is 379 g/mol. The number of ether oxygens (including phenoxy) is 1. The Balaban J connectivity index is 1.56. The third kappa shape index (κ3) is 5.97. The summed E-state index contributed by atoms with van der Waals surface area (Å²) in [6, 6.07) is 24.6. The summed E-state index contributed by atoms with van der Waals surface area (Å²) in [7, 11) is 0. The number of hydrogen-bond donors (Lipinski definition) is 1. The van der Waals surface area contributed by atoms with Crippen LogP contribution >= 0.6 is 11.6 Å². The van der Waals surface area contributed by atoms with Crippen molar-refractivity contribution in [2.24, 2.45) is 5.10 Å². The molecule has 5 heteroatoms. The summed E-state index contributed by atoms with van der Waals surface area (Å²) in [5.41, 5.74) is 5.29. The van der Waals surface area contributed by atoms with Gasteiger partial charge in [-0.3, -0.25) is 4.79 Å². The van der Waals surface area contributed by atoms with Gasteiger partial charge < -0.3 is 4.74 Å². The second kappa shape index (κ2) is 9.55. The van der Waals surface area contributed by atoms with Crippen molar-refractivity contribution in [3.63, 3.8) is 0 Å². The number of hydrazone groups is 1. The minimum absolute atomic E-state index is 0.198. The van der Waals surface area contributed by atoms with E-state index in [0.717, 1.165) is 16.7 Å². The van der Waals surface area contributed by atoms with Gasteiger partial charge in [-0.2, -0.15) is 5.10 Å². The number of amides is 1. The van der Waals surface area contributed by atoms with Crippen LogP contribution in [0.2, 0.25) is 5.02 Å². The number of benzene rings is 3. The first-order chi connectivity index (χ1) is 13.2. The molecular weight excluding hydrogens is 360 g/mol. The predicted octanol–water partition coefficient (Wildman–Crippen LogP) is 4.61. The summed E-state index contributed by atoms with van der Waals surface area (Å²) in [4.78, 5) is 12.0. The molecule has 3 aromatic rings. The third-order valence-corrected chi connectivity index (χ3v) is 4.08. The van der Waals surface area contributed by atoms with Crippen LogP contribution in [0.15, 0.2) is 84.0 Å². The number of carbonyl (C=O) groups is 1. The van der Waals surface area contributed by atoms with Crippen LogP contribution in [-0.2, 0) is 17.8 Å². The van der Waals surface area contributed by atoms with E-state index in [2.05, 4.69) is 10.5 Å². The monoisotopic (exact) mass is 378 g/mol. The summed E-state index contributed by atoms with van der Waals surface area (Å²) >= 11 is 5.84. The van der Waals surface area contributed by atoms with Crippen molar-refractivity contribution in [3.05, 3.63) is 101 Å². The van der Waals surface area contributed by atoms with Crippen molar-refractivity contribution in [2.45, 2.75) is 13.0 Å². The molecular formula is C22H19ClN2O2. The Morgan fingerprint density at radius 2 is 1.63 bits per heavy atom. The highest BCUT2D eigenvalue weighted by Crippen LogP contribution is 2.17. The Morgan fingerprint density at radius 3 is 2.41 bits per heavy atom. The van der Waals surface area contributed by atoms with Crippen LogP contribution in [0.4, 0.5) is 0 Å². The molecule has 0 aliphatic carbocycles. The summed E-state index contributed by atoms with van der Waals surface area (Å²) in [5, 5.41) is 4.68. The number of para-hydroxylation sites is 1. The van der Waals surface area contributed by atoms with Gasteiger partial charge in [-0.25, -0.2) is 5.43 Å². The molecule has 0 heterocycles. The van der Waals surface area contributed by atoms with E-state index in [4.69, 9.17) is 16.3 Å². The third-order valence-electron chi connectivity index (χ3n) is 3.83. The highest BCUT2D eigenvalue weighted by atomic mass is 35.5. The fourth-order valence-corrected chi connectivity index (χ4v) is 2.58. The summed E-state index contributed by atoms with van der Waals surface area (Å²) in [6.45, 7) is 0.467. The highest BCUT2D eigenvalue weighted by Gasteiger charge is 2.04. The molecule has 136 valence electrons. The lowest BCUT2D eigenvalue weighted by atomic mass is 10.1. The maximum atomic E-state index is 12.0. The van der Waals surface area contributed by atoms with E-state index in [1.54, 1.807) is 18.3 Å². The van der Waals surface area contributed by atoms with Crippen molar-refractivity contribution in [1.29, 1.82) is 0 Å². The van der Waals surface area contributed by atoms with E-state index in [-0.39, 0.29) is 12.3 Å². The fourth-order valence-electron chi connectivity index (χ4n) is 2.45. The molecule has 0 aliphatic heterocycles. The van der Waals surface area contributed by atoms with Gasteiger partial charge in [-0.05, 0) is 35.4 Å². The summed E-state index contributed by atoms with van der Waals surface area (Å²) < 4.78 is 5.87. The smallest absolute Gasteiger partial charge is 0.244 e. The minimum atomic E-state index is -0.198. The standard InChI is InChI=1S/C22H19ClN2O2/c23-20-12-10-17(11-13-20)14-22(26)25-24-15-19-8-4-5-9-21(19)27-16-18-6-2-1-3-7-18/h1-13,15H,14,16H2,(H,25,26)/b24-15-. The SMILES string of the molecule is O=C(Cc1ccc(Cl)cc1)N/N=C\c1ccccc1OCc1ccccc1. The van der Waals surface area contributed by atoms with Crippen molar-refractivity contribution in [2.75, 3.05) is 0 Å². The van der Waals surface area contributed by atoms with Gasteiger partial charge in [-0.1, -0.05) is 66.2 Å². The zero-order chi connectivity index (χ0) is 18.9. The second-order valence-electron chi connectivity index (χ2n) is 5.91. The molecule has 0 aromatic heterocycles. The van der Waals surface area contributed by atoms with Crippen molar-refractivity contribution in [1.82, 2.24) is 5.43 Å². The van der Waals surface area contributed by atoms with Crippen LogP contribution < -0.4 is 10.2 Å². The van der Waals surface area contributed by atoms with Gasteiger partial charge in [0.25, 0.3) is 0 Å². The molecule has 27 heavy (non-hydrogen) atoms. The van der Waals surface area contributed by atoms with Crippen LogP contribution in [-0.4, -0.2) is 12.1 Å². The van der Waals surface area contributed by atoms with Gasteiger partial charge in [0.15, 0.2) is 0 Å². The summed E-state index contributed by atoms with van der Waals surface area (Å²) in [6.07, 6.45) is 1.82. The zero-order valence-electron chi connectivity index (χ0n) is 14.6. The Morgan fingerprint density at radius 1 is 0.926 bits per heavy atom. The zero-order valence-corrected chi connectivity index (χ0v) is 15.4. The average Bonchev–Trinajstić information content (AvgIpc) is 2.70. The van der Waals surface area contributed by atoms with E-state index in [0.29, 0.717) is 17.4 Å². The van der Waals surface area contributed by atoms with Gasteiger partial charge in [0.05, 0.1) is 12.6 Å². The molecule has 0 radical (unpaired) electrons. The largest absolute Gasteiger partial charge is 0.488 e. The molecule has 0 bridgehead atoms. The molecule has 0 aliphatic rings.